The molecule has 2 aromatic carbocycles. The second-order valence-electron chi connectivity index (χ2n) is 10.2. The minimum Gasteiger partial charge on any atom is -0.421 e. The molecule has 0 radical (unpaired) electrons. The van der Waals surface area contributed by atoms with Crippen molar-refractivity contribution in [2.24, 2.45) is 16.3 Å². The van der Waals surface area contributed by atoms with E-state index >= 15 is 0 Å². The zero-order valence-corrected chi connectivity index (χ0v) is 22.3. The summed E-state index contributed by atoms with van der Waals surface area (Å²) in [6, 6.07) is 17.4. The van der Waals surface area contributed by atoms with Crippen LogP contribution in [-0.2, 0) is 20.9 Å². The van der Waals surface area contributed by atoms with E-state index in [0.29, 0.717) is 22.7 Å². The van der Waals surface area contributed by atoms with E-state index in [1.807, 2.05) is 66.2 Å². The van der Waals surface area contributed by atoms with Gasteiger partial charge in [-0.05, 0) is 85.7 Å². The Morgan fingerprint density at radius 1 is 1.12 bits per heavy atom. The van der Waals surface area contributed by atoms with Crippen molar-refractivity contribution in [2.45, 2.75) is 53.1 Å². The lowest BCUT2D eigenvalue weighted by molar-refractivity contribution is 0.0589. The van der Waals surface area contributed by atoms with Gasteiger partial charge in [0.15, 0.2) is 5.82 Å². The molecule has 3 atom stereocenters. The monoisotopic (exact) mass is 513 g/mol. The van der Waals surface area contributed by atoms with E-state index < -0.39 is 6.49 Å². The van der Waals surface area contributed by atoms with Gasteiger partial charge in [-0.3, -0.25) is 0 Å². The largest absolute Gasteiger partial charge is 0.421 e. The van der Waals surface area contributed by atoms with Crippen molar-refractivity contribution in [3.05, 3.63) is 70.9 Å². The van der Waals surface area contributed by atoms with Gasteiger partial charge < -0.3 is 9.05 Å². The molecular weight excluding hydrogens is 485 g/mol. The van der Waals surface area contributed by atoms with Gasteiger partial charge in [0.1, 0.15) is 5.30 Å². The second kappa shape index (κ2) is 8.91. The zero-order chi connectivity index (χ0) is 24.1. The summed E-state index contributed by atoms with van der Waals surface area (Å²) < 4.78 is 15.2. The molecule has 2 aliphatic rings. The Labute approximate surface area is 211 Å². The van der Waals surface area contributed by atoms with E-state index in [-0.39, 0.29) is 11.5 Å². The fourth-order valence-corrected chi connectivity index (χ4v) is 8.61. The van der Waals surface area contributed by atoms with Gasteiger partial charge in [-0.25, -0.2) is 4.68 Å². The lowest BCUT2D eigenvalue weighted by Crippen LogP contribution is -2.34. The number of para-hydroxylation sites is 1. The SMILES string of the molecule is Cc1nn(-c2ccccc2)c2c1[P@@](=S)(O[C@@H]1C[C@H](C)CC(C)(C)C1)OC(c1ccc(Cl)cc1)=N2. The zero-order valence-electron chi connectivity index (χ0n) is 19.9. The minimum absolute atomic E-state index is 0.0291. The van der Waals surface area contributed by atoms with Crippen molar-refractivity contribution < 1.29 is 9.05 Å². The third-order valence-electron chi connectivity index (χ3n) is 6.42. The molecule has 1 saturated carbocycles. The molecule has 1 aliphatic heterocycles. The standard InChI is InChI=1S/C26H29ClN3O2PS/c1-17-14-22(16-26(3,4)15-17)31-33(34)23-18(2)29-30(21-8-6-5-7-9-21)24(23)28-25(32-33)19-10-12-20(27)13-11-19/h5-13,17,22H,14-16H2,1-4H3/t17-,22+,33+/m0/s1. The van der Waals surface area contributed by atoms with Crippen molar-refractivity contribution in [3.63, 3.8) is 0 Å². The maximum absolute atomic E-state index is 6.80. The van der Waals surface area contributed by atoms with Crippen LogP contribution in [0, 0.1) is 18.3 Å². The number of halogens is 1. The summed E-state index contributed by atoms with van der Waals surface area (Å²) in [5.41, 5.74) is 2.72. The maximum Gasteiger partial charge on any atom is 0.276 e. The first kappa shape index (κ1) is 23.7. The lowest BCUT2D eigenvalue weighted by atomic mass is 9.72. The van der Waals surface area contributed by atoms with E-state index in [0.717, 1.165) is 35.1 Å². The predicted octanol–water partition coefficient (Wildman–Crippen LogP) is 7.11. The Morgan fingerprint density at radius 2 is 1.82 bits per heavy atom. The van der Waals surface area contributed by atoms with E-state index in [4.69, 9.17) is 42.5 Å². The highest BCUT2D eigenvalue weighted by Crippen LogP contribution is 2.57. The average Bonchev–Trinajstić information content (AvgIpc) is 3.10. The van der Waals surface area contributed by atoms with Crippen LogP contribution in [0.4, 0.5) is 5.82 Å². The number of hydrogen-bond donors (Lipinski definition) is 0. The first-order chi connectivity index (χ1) is 16.1. The van der Waals surface area contributed by atoms with Gasteiger partial charge in [0.25, 0.3) is 6.49 Å². The van der Waals surface area contributed by atoms with Crippen LogP contribution in [0.25, 0.3) is 5.69 Å². The van der Waals surface area contributed by atoms with Crippen molar-refractivity contribution >= 4 is 46.9 Å². The Bertz CT molecular complexity index is 1290. The molecule has 5 rings (SSSR count). The molecule has 178 valence electrons. The lowest BCUT2D eigenvalue weighted by Gasteiger charge is -2.41. The topological polar surface area (TPSA) is 48.6 Å². The molecule has 1 aliphatic carbocycles. The number of hydrogen-bond acceptors (Lipinski definition) is 5. The summed E-state index contributed by atoms with van der Waals surface area (Å²) in [5.74, 6) is 1.70. The number of rotatable bonds is 4. The third-order valence-corrected chi connectivity index (χ3v) is 9.76. The molecule has 0 spiro atoms. The summed E-state index contributed by atoms with van der Waals surface area (Å²) in [6.07, 6.45) is 3.14. The molecular formula is C26H29ClN3O2PS. The minimum atomic E-state index is -2.94. The smallest absolute Gasteiger partial charge is 0.276 e. The summed E-state index contributed by atoms with van der Waals surface area (Å²) in [5, 5.41) is 6.28. The highest BCUT2D eigenvalue weighted by molar-refractivity contribution is 8.13. The second-order valence-corrected chi connectivity index (χ2v) is 13.9. The number of fused-ring (bicyclic) bond motifs is 1. The van der Waals surface area contributed by atoms with Gasteiger partial charge in [-0.2, -0.15) is 10.1 Å². The van der Waals surface area contributed by atoms with Gasteiger partial charge in [-0.1, -0.05) is 50.6 Å². The van der Waals surface area contributed by atoms with Crippen LogP contribution in [0.1, 0.15) is 51.3 Å². The average molecular weight is 514 g/mol. The van der Waals surface area contributed by atoms with E-state index in [9.17, 15) is 0 Å². The molecule has 0 unspecified atom stereocenters. The highest BCUT2D eigenvalue weighted by Gasteiger charge is 2.42. The summed E-state index contributed by atoms with van der Waals surface area (Å²) in [6.45, 7) is 5.92. The first-order valence-corrected chi connectivity index (χ1v) is 14.6. The van der Waals surface area contributed by atoms with E-state index in [1.165, 1.54) is 6.42 Å². The van der Waals surface area contributed by atoms with Gasteiger partial charge in [-0.15, -0.1) is 0 Å². The van der Waals surface area contributed by atoms with Gasteiger partial charge >= 0.3 is 0 Å². The predicted molar refractivity (Wildman–Crippen MR) is 143 cm³/mol. The fraction of sp³-hybridized carbons (Fsp3) is 0.385. The van der Waals surface area contributed by atoms with Crippen LogP contribution < -0.4 is 5.30 Å². The number of aryl methyl sites for hydroxylation is 1. The summed E-state index contributed by atoms with van der Waals surface area (Å²) >= 11 is 12.4. The molecule has 3 aromatic rings. The molecule has 8 heteroatoms. The molecule has 0 amide bonds. The maximum atomic E-state index is 6.80. The molecule has 34 heavy (non-hydrogen) atoms. The van der Waals surface area contributed by atoms with Crippen molar-refractivity contribution in [3.8, 4) is 5.69 Å². The Morgan fingerprint density at radius 3 is 2.50 bits per heavy atom. The quantitative estimate of drug-likeness (QED) is 0.349. The normalized spacial score (nSPS) is 25.9. The van der Waals surface area contributed by atoms with Crippen LogP contribution >= 0.6 is 18.1 Å². The van der Waals surface area contributed by atoms with Crippen molar-refractivity contribution in [1.82, 2.24) is 9.78 Å². The van der Waals surface area contributed by atoms with E-state index in [2.05, 4.69) is 20.8 Å². The molecule has 0 saturated heterocycles. The van der Waals surface area contributed by atoms with E-state index in [1.54, 1.807) is 0 Å². The number of nitrogens with zero attached hydrogens (tertiary/aromatic N) is 3. The third kappa shape index (κ3) is 4.61. The van der Waals surface area contributed by atoms with Crippen molar-refractivity contribution in [1.29, 1.82) is 0 Å². The van der Waals surface area contributed by atoms with Gasteiger partial charge in [0, 0.05) is 10.6 Å². The van der Waals surface area contributed by atoms with Crippen LogP contribution in [0.3, 0.4) is 0 Å². The van der Waals surface area contributed by atoms with Gasteiger partial charge in [0.2, 0.25) is 5.90 Å². The molecule has 5 nitrogen and oxygen atoms in total. The first-order valence-electron chi connectivity index (χ1n) is 11.6. The highest BCUT2D eigenvalue weighted by atomic mass is 35.5. The Balaban J connectivity index is 1.63. The molecule has 2 heterocycles. The van der Waals surface area contributed by atoms with Crippen LogP contribution in [0.5, 0.6) is 0 Å². The molecule has 0 bridgehead atoms. The van der Waals surface area contributed by atoms with Crippen LogP contribution in [0.2, 0.25) is 5.02 Å². The Kier molecular flexibility index (Phi) is 6.22. The molecule has 0 N–H and O–H groups in total. The summed E-state index contributed by atoms with van der Waals surface area (Å²) in [7, 11) is 0. The van der Waals surface area contributed by atoms with Crippen LogP contribution in [-0.4, -0.2) is 21.8 Å². The van der Waals surface area contributed by atoms with Crippen molar-refractivity contribution in [2.75, 3.05) is 0 Å². The molecule has 1 fully saturated rings. The summed E-state index contributed by atoms with van der Waals surface area (Å²) in [4.78, 5) is 4.91. The van der Waals surface area contributed by atoms with Gasteiger partial charge in [0.05, 0.1) is 17.5 Å². The number of aliphatic imine (C=N–C) groups is 1. The fourth-order valence-electron chi connectivity index (χ4n) is 5.27. The Hall–Kier alpha value is -1.98. The number of benzene rings is 2. The number of aromatic nitrogens is 2. The molecule has 1 aromatic heterocycles. The van der Waals surface area contributed by atoms with Crippen LogP contribution in [0.15, 0.2) is 59.6 Å².